The number of carbonyl (C=O) groups excluding carboxylic acids is 2. The molecule has 114 valence electrons. The molecule has 0 aromatic heterocycles. The van der Waals surface area contributed by atoms with Crippen LogP contribution in [0, 0.1) is 0 Å². The lowest BCUT2D eigenvalue weighted by molar-refractivity contribution is -0.136. The lowest BCUT2D eigenvalue weighted by atomic mass is 9.94. The molecule has 2 aliphatic rings. The minimum Gasteiger partial charge on any atom is -0.388 e. The normalized spacial score (nSPS) is 22.1. The third-order valence-electron chi connectivity index (χ3n) is 3.82. The van der Waals surface area contributed by atoms with Gasteiger partial charge in [0, 0.05) is 64.9 Å². The summed E-state index contributed by atoms with van der Waals surface area (Å²) in [6, 6.07) is 0. The number of rotatable bonds is 5. The fourth-order valence-electron chi connectivity index (χ4n) is 2.49. The van der Waals surface area contributed by atoms with Gasteiger partial charge in [-0.05, 0) is 0 Å². The highest BCUT2D eigenvalue weighted by Crippen LogP contribution is 2.22. The summed E-state index contributed by atoms with van der Waals surface area (Å²) in [4.78, 5) is 26.8. The van der Waals surface area contributed by atoms with Gasteiger partial charge in [0.25, 0.3) is 5.24 Å². The number of carbonyl (C=O) groups is 2. The summed E-state index contributed by atoms with van der Waals surface area (Å²) >= 11 is 1.30. The molecule has 0 unspecified atom stereocenters. The average Bonchev–Trinajstić information content (AvgIpc) is 2.81. The first-order valence-electron chi connectivity index (χ1n) is 6.96. The van der Waals surface area contributed by atoms with Gasteiger partial charge in [0.2, 0.25) is 5.91 Å². The molecule has 0 aromatic carbocycles. The summed E-state index contributed by atoms with van der Waals surface area (Å²) in [5, 5.41) is 10.4. The highest BCUT2D eigenvalue weighted by atomic mass is 32.2. The molecule has 0 aliphatic carbocycles. The van der Waals surface area contributed by atoms with E-state index in [4.69, 9.17) is 4.74 Å². The molecule has 0 atom stereocenters. The van der Waals surface area contributed by atoms with Gasteiger partial charge in [0.1, 0.15) is 0 Å². The first kappa shape index (κ1) is 15.6. The Bertz CT molecular complexity index is 371. The van der Waals surface area contributed by atoms with E-state index in [1.54, 1.807) is 16.8 Å². The van der Waals surface area contributed by atoms with Crippen LogP contribution in [-0.2, 0) is 9.53 Å². The first-order valence-corrected chi connectivity index (χ1v) is 7.94. The van der Waals surface area contributed by atoms with Crippen molar-refractivity contribution in [3.63, 3.8) is 0 Å². The van der Waals surface area contributed by atoms with E-state index in [-0.39, 0.29) is 11.1 Å². The zero-order chi connectivity index (χ0) is 14.6. The van der Waals surface area contributed by atoms with Crippen LogP contribution in [0.3, 0.4) is 0 Å². The van der Waals surface area contributed by atoms with E-state index in [1.165, 1.54) is 11.8 Å². The molecule has 7 heteroatoms. The number of hydrogen-bond donors (Lipinski definition) is 1. The molecule has 0 bridgehead atoms. The fraction of sp³-hybridized carbons (Fsp3) is 0.846. The summed E-state index contributed by atoms with van der Waals surface area (Å²) < 4.78 is 5.22. The smallest absolute Gasteiger partial charge is 0.281 e. The van der Waals surface area contributed by atoms with Gasteiger partial charge in [-0.1, -0.05) is 11.8 Å². The van der Waals surface area contributed by atoms with E-state index >= 15 is 0 Å². The molecule has 2 saturated heterocycles. The average molecular weight is 302 g/mol. The van der Waals surface area contributed by atoms with Crippen molar-refractivity contribution < 1.29 is 19.4 Å². The molecular formula is C13H22N2O4S. The van der Waals surface area contributed by atoms with Gasteiger partial charge in [0.05, 0.1) is 5.60 Å². The van der Waals surface area contributed by atoms with Crippen LogP contribution in [0.15, 0.2) is 0 Å². The van der Waals surface area contributed by atoms with E-state index in [9.17, 15) is 14.7 Å². The van der Waals surface area contributed by atoms with Crippen molar-refractivity contribution in [1.29, 1.82) is 0 Å². The summed E-state index contributed by atoms with van der Waals surface area (Å²) in [6.07, 6.45) is 1.44. The van der Waals surface area contributed by atoms with Crippen LogP contribution in [-0.4, -0.2) is 77.3 Å². The Morgan fingerprint density at radius 2 is 2.20 bits per heavy atom. The minimum atomic E-state index is -0.831. The molecular weight excluding hydrogens is 280 g/mol. The molecule has 6 nitrogen and oxygen atoms in total. The van der Waals surface area contributed by atoms with Crippen LogP contribution < -0.4 is 0 Å². The Morgan fingerprint density at radius 1 is 1.50 bits per heavy atom. The third-order valence-corrected chi connectivity index (χ3v) is 4.71. The first-order chi connectivity index (χ1) is 9.50. The Morgan fingerprint density at radius 3 is 2.80 bits per heavy atom. The molecule has 0 saturated carbocycles. The van der Waals surface area contributed by atoms with E-state index in [0.717, 1.165) is 12.3 Å². The number of thioether (sulfide) groups is 1. The zero-order valence-corrected chi connectivity index (χ0v) is 12.7. The van der Waals surface area contributed by atoms with E-state index in [0.29, 0.717) is 45.6 Å². The number of hydrogen-bond acceptors (Lipinski definition) is 5. The highest BCUT2D eigenvalue weighted by molar-refractivity contribution is 8.13. The monoisotopic (exact) mass is 302 g/mol. The number of ether oxygens (including phenoxy) is 1. The van der Waals surface area contributed by atoms with E-state index in [1.807, 2.05) is 0 Å². The second kappa shape index (κ2) is 6.78. The summed E-state index contributed by atoms with van der Waals surface area (Å²) in [5.74, 6) is 0.775. The van der Waals surface area contributed by atoms with Crippen LogP contribution in [0.1, 0.15) is 19.3 Å². The van der Waals surface area contributed by atoms with Gasteiger partial charge in [-0.25, -0.2) is 0 Å². The number of aliphatic hydroxyl groups is 1. The van der Waals surface area contributed by atoms with Crippen LogP contribution in [0.2, 0.25) is 0 Å². The lowest BCUT2D eigenvalue weighted by Crippen LogP contribution is -2.47. The van der Waals surface area contributed by atoms with Crippen LogP contribution in [0.5, 0.6) is 0 Å². The fourth-order valence-corrected chi connectivity index (χ4v) is 3.34. The number of nitrogens with zero attached hydrogens (tertiary/aromatic N) is 2. The molecule has 2 fully saturated rings. The zero-order valence-electron chi connectivity index (χ0n) is 11.8. The Kier molecular flexibility index (Phi) is 5.29. The topological polar surface area (TPSA) is 70.1 Å². The predicted octanol–water partition coefficient (Wildman–Crippen LogP) is 0.545. The van der Waals surface area contributed by atoms with E-state index < -0.39 is 5.60 Å². The number of amides is 2. The second-order valence-corrected chi connectivity index (χ2v) is 6.48. The van der Waals surface area contributed by atoms with Crippen LogP contribution in [0.4, 0.5) is 4.79 Å². The molecule has 20 heavy (non-hydrogen) atoms. The van der Waals surface area contributed by atoms with Gasteiger partial charge in [0.15, 0.2) is 0 Å². The quantitative estimate of drug-likeness (QED) is 0.803. The Labute approximate surface area is 123 Å². The third kappa shape index (κ3) is 4.10. The molecule has 2 amide bonds. The summed E-state index contributed by atoms with van der Waals surface area (Å²) in [7, 11) is 1.70. The van der Waals surface area contributed by atoms with Crippen LogP contribution in [0.25, 0.3) is 0 Å². The largest absolute Gasteiger partial charge is 0.388 e. The number of likely N-dealkylation sites (N-methyl/N-ethyl adjacent to an activating group) is 1. The van der Waals surface area contributed by atoms with Crippen LogP contribution >= 0.6 is 11.8 Å². The van der Waals surface area contributed by atoms with Gasteiger partial charge >= 0.3 is 0 Å². The molecule has 2 aliphatic heterocycles. The maximum atomic E-state index is 12.1. The minimum absolute atomic E-state index is 0.0328. The van der Waals surface area contributed by atoms with Gasteiger partial charge in [-0.3, -0.25) is 9.59 Å². The summed E-state index contributed by atoms with van der Waals surface area (Å²) in [6.45, 7) is 2.60. The molecule has 0 aromatic rings. The standard InChI is InChI=1S/C13H22N2O4S/c1-14(10-13(18)3-7-19-8-4-13)11(16)2-5-15-6-9-20-12(15)17/h18H,2-10H2,1H3. The van der Waals surface area contributed by atoms with Crippen molar-refractivity contribution in [2.75, 3.05) is 45.6 Å². The summed E-state index contributed by atoms with van der Waals surface area (Å²) in [5.41, 5.74) is -0.831. The lowest BCUT2D eigenvalue weighted by Gasteiger charge is -2.35. The molecule has 0 radical (unpaired) electrons. The van der Waals surface area contributed by atoms with Crippen molar-refractivity contribution in [2.24, 2.45) is 0 Å². The van der Waals surface area contributed by atoms with Crippen molar-refractivity contribution in [3.8, 4) is 0 Å². The maximum absolute atomic E-state index is 12.1. The van der Waals surface area contributed by atoms with Gasteiger partial charge in [-0.2, -0.15) is 0 Å². The van der Waals surface area contributed by atoms with Crippen molar-refractivity contribution >= 4 is 22.9 Å². The van der Waals surface area contributed by atoms with Crippen molar-refractivity contribution in [1.82, 2.24) is 9.80 Å². The SMILES string of the molecule is CN(CC1(O)CCOCC1)C(=O)CCN1CCSC1=O. The predicted molar refractivity (Wildman–Crippen MR) is 76.7 cm³/mol. The second-order valence-electron chi connectivity index (χ2n) is 5.44. The molecule has 0 spiro atoms. The molecule has 2 rings (SSSR count). The Balaban J connectivity index is 1.75. The highest BCUT2D eigenvalue weighted by Gasteiger charge is 2.32. The maximum Gasteiger partial charge on any atom is 0.281 e. The van der Waals surface area contributed by atoms with E-state index in [2.05, 4.69) is 0 Å². The molecule has 2 heterocycles. The van der Waals surface area contributed by atoms with Crippen molar-refractivity contribution in [3.05, 3.63) is 0 Å². The van der Waals surface area contributed by atoms with Crippen molar-refractivity contribution in [2.45, 2.75) is 24.9 Å². The van der Waals surface area contributed by atoms with Gasteiger partial charge in [-0.15, -0.1) is 0 Å². The van der Waals surface area contributed by atoms with Gasteiger partial charge < -0.3 is 19.6 Å². The molecule has 1 N–H and O–H groups in total. The Hall–Kier alpha value is -0.790.